The number of anilines is 1. The second-order valence-electron chi connectivity index (χ2n) is 4.68. The van der Waals surface area contributed by atoms with Gasteiger partial charge in [0.2, 0.25) is 0 Å². The maximum atomic E-state index is 11.0. The highest BCUT2D eigenvalue weighted by molar-refractivity contribution is 5.71. The molecule has 7 nitrogen and oxygen atoms in total. The van der Waals surface area contributed by atoms with E-state index >= 15 is 0 Å². The third-order valence-electron chi connectivity index (χ3n) is 2.90. The number of aliphatic carboxylic acids is 1. The van der Waals surface area contributed by atoms with Crippen LogP contribution in [0.1, 0.15) is 19.4 Å². The first kappa shape index (κ1) is 14.9. The van der Waals surface area contributed by atoms with Crippen molar-refractivity contribution in [1.29, 1.82) is 0 Å². The standard InChI is InChI=1S/C12H17N3O4/c1-7(2)9(12(16)17)6-14-11-4-10(15(18)19)8(3)5-13-11/h4-5,7,9H,6H2,1-3H3,(H,13,14)(H,16,17). The minimum Gasteiger partial charge on any atom is -0.481 e. The topological polar surface area (TPSA) is 105 Å². The van der Waals surface area contributed by atoms with Crippen molar-refractivity contribution in [1.82, 2.24) is 4.98 Å². The second-order valence-corrected chi connectivity index (χ2v) is 4.68. The minimum absolute atomic E-state index is 0.0334. The molecule has 1 rings (SSSR count). The third kappa shape index (κ3) is 3.90. The van der Waals surface area contributed by atoms with Gasteiger partial charge in [-0.3, -0.25) is 14.9 Å². The molecule has 0 saturated carbocycles. The Morgan fingerprint density at radius 1 is 1.58 bits per heavy atom. The number of hydrogen-bond acceptors (Lipinski definition) is 5. The van der Waals surface area contributed by atoms with E-state index < -0.39 is 16.8 Å². The Morgan fingerprint density at radius 2 is 2.21 bits per heavy atom. The molecule has 1 unspecified atom stereocenters. The molecule has 7 heteroatoms. The number of nitrogens with one attached hydrogen (secondary N) is 1. The molecule has 19 heavy (non-hydrogen) atoms. The van der Waals surface area contributed by atoms with Crippen molar-refractivity contribution in [3.8, 4) is 0 Å². The van der Waals surface area contributed by atoms with Crippen LogP contribution in [0.25, 0.3) is 0 Å². The lowest BCUT2D eigenvalue weighted by atomic mass is 9.96. The summed E-state index contributed by atoms with van der Waals surface area (Å²) in [4.78, 5) is 25.3. The minimum atomic E-state index is -0.899. The van der Waals surface area contributed by atoms with Crippen LogP contribution in [0.2, 0.25) is 0 Å². The quantitative estimate of drug-likeness (QED) is 0.603. The van der Waals surface area contributed by atoms with Crippen molar-refractivity contribution >= 4 is 17.5 Å². The van der Waals surface area contributed by atoms with E-state index in [0.29, 0.717) is 11.4 Å². The predicted molar refractivity (Wildman–Crippen MR) is 70.1 cm³/mol. The van der Waals surface area contributed by atoms with Crippen LogP contribution in [0.5, 0.6) is 0 Å². The summed E-state index contributed by atoms with van der Waals surface area (Å²) in [7, 11) is 0. The molecule has 2 N–H and O–H groups in total. The summed E-state index contributed by atoms with van der Waals surface area (Å²) in [5.41, 5.74) is 0.433. The fourth-order valence-electron chi connectivity index (χ4n) is 1.63. The predicted octanol–water partition coefficient (Wildman–Crippen LogP) is 2.07. The molecule has 0 fully saturated rings. The Kier molecular flexibility index (Phi) is 4.80. The van der Waals surface area contributed by atoms with Crippen LogP contribution in [0.4, 0.5) is 11.5 Å². The van der Waals surface area contributed by atoms with Gasteiger partial charge in [-0.25, -0.2) is 4.98 Å². The van der Waals surface area contributed by atoms with Gasteiger partial charge in [-0.05, 0) is 12.8 Å². The van der Waals surface area contributed by atoms with Crippen LogP contribution < -0.4 is 5.32 Å². The maximum absolute atomic E-state index is 11.0. The zero-order chi connectivity index (χ0) is 14.6. The van der Waals surface area contributed by atoms with Gasteiger partial charge in [0.05, 0.1) is 16.9 Å². The number of nitrogens with zero attached hydrogens (tertiary/aromatic N) is 2. The zero-order valence-electron chi connectivity index (χ0n) is 11.1. The van der Waals surface area contributed by atoms with Gasteiger partial charge in [-0.15, -0.1) is 0 Å². The molecular weight excluding hydrogens is 250 g/mol. The monoisotopic (exact) mass is 267 g/mol. The Labute approximate surface area is 110 Å². The van der Waals surface area contributed by atoms with Crippen molar-refractivity contribution in [2.75, 3.05) is 11.9 Å². The van der Waals surface area contributed by atoms with E-state index in [9.17, 15) is 14.9 Å². The molecule has 0 aliphatic rings. The van der Waals surface area contributed by atoms with Crippen LogP contribution in [0, 0.1) is 28.9 Å². The number of pyridine rings is 1. The first-order valence-corrected chi connectivity index (χ1v) is 5.90. The van der Waals surface area contributed by atoms with Crippen molar-refractivity contribution in [2.45, 2.75) is 20.8 Å². The average Bonchev–Trinajstić information content (AvgIpc) is 2.30. The van der Waals surface area contributed by atoms with Crippen LogP contribution in [0.15, 0.2) is 12.3 Å². The first-order chi connectivity index (χ1) is 8.82. The van der Waals surface area contributed by atoms with E-state index in [2.05, 4.69) is 10.3 Å². The number of rotatable bonds is 6. The molecule has 0 aromatic carbocycles. The smallest absolute Gasteiger partial charge is 0.308 e. The number of carboxylic acids is 1. The molecule has 1 aromatic rings. The summed E-state index contributed by atoms with van der Waals surface area (Å²) in [5, 5.41) is 22.7. The molecule has 104 valence electrons. The van der Waals surface area contributed by atoms with Crippen LogP contribution >= 0.6 is 0 Å². The fourth-order valence-corrected chi connectivity index (χ4v) is 1.63. The lowest BCUT2D eigenvalue weighted by Crippen LogP contribution is -2.27. The number of aromatic nitrogens is 1. The van der Waals surface area contributed by atoms with E-state index in [4.69, 9.17) is 5.11 Å². The number of carboxylic acid groups (broad SMARTS) is 1. The van der Waals surface area contributed by atoms with E-state index in [-0.39, 0.29) is 18.2 Å². The van der Waals surface area contributed by atoms with E-state index in [0.717, 1.165) is 0 Å². The van der Waals surface area contributed by atoms with Gasteiger partial charge >= 0.3 is 5.97 Å². The Bertz CT molecular complexity index is 488. The van der Waals surface area contributed by atoms with Gasteiger partial charge in [-0.1, -0.05) is 13.8 Å². The summed E-state index contributed by atoms with van der Waals surface area (Å²) in [5.74, 6) is -1.19. The Morgan fingerprint density at radius 3 is 2.68 bits per heavy atom. The SMILES string of the molecule is Cc1cnc(NCC(C(=O)O)C(C)C)cc1[N+](=O)[O-]. The van der Waals surface area contributed by atoms with Crippen molar-refractivity contribution in [3.63, 3.8) is 0 Å². The maximum Gasteiger partial charge on any atom is 0.308 e. The summed E-state index contributed by atoms with van der Waals surface area (Å²) < 4.78 is 0. The van der Waals surface area contributed by atoms with Gasteiger partial charge in [-0.2, -0.15) is 0 Å². The Balaban J connectivity index is 2.80. The van der Waals surface area contributed by atoms with E-state index in [1.54, 1.807) is 6.92 Å². The number of carbonyl (C=O) groups is 1. The molecule has 0 amide bonds. The third-order valence-corrected chi connectivity index (χ3v) is 2.90. The van der Waals surface area contributed by atoms with E-state index in [1.165, 1.54) is 12.3 Å². The molecule has 1 heterocycles. The number of hydrogen-bond donors (Lipinski definition) is 2. The molecule has 0 radical (unpaired) electrons. The number of nitro groups is 1. The van der Waals surface area contributed by atoms with Gasteiger partial charge in [0.1, 0.15) is 5.82 Å². The molecule has 0 bridgehead atoms. The van der Waals surface area contributed by atoms with Crippen LogP contribution in [0.3, 0.4) is 0 Å². The van der Waals surface area contributed by atoms with Gasteiger partial charge in [0.25, 0.3) is 5.69 Å². The van der Waals surface area contributed by atoms with Crippen LogP contribution in [-0.4, -0.2) is 27.5 Å². The summed E-state index contributed by atoms with van der Waals surface area (Å²) in [6, 6.07) is 1.31. The highest BCUT2D eigenvalue weighted by Crippen LogP contribution is 2.20. The molecule has 0 saturated heterocycles. The second kappa shape index (κ2) is 6.12. The molecule has 0 spiro atoms. The molecule has 0 aliphatic heterocycles. The van der Waals surface area contributed by atoms with Crippen molar-refractivity contribution in [2.24, 2.45) is 11.8 Å². The zero-order valence-corrected chi connectivity index (χ0v) is 11.1. The molecular formula is C12H17N3O4. The van der Waals surface area contributed by atoms with Gasteiger partial charge in [0.15, 0.2) is 0 Å². The van der Waals surface area contributed by atoms with Gasteiger partial charge in [0, 0.05) is 18.3 Å². The fraction of sp³-hybridized carbons (Fsp3) is 0.500. The van der Waals surface area contributed by atoms with E-state index in [1.807, 2.05) is 13.8 Å². The highest BCUT2D eigenvalue weighted by Gasteiger charge is 2.21. The first-order valence-electron chi connectivity index (χ1n) is 5.90. The summed E-state index contributed by atoms with van der Waals surface area (Å²) >= 11 is 0. The lowest BCUT2D eigenvalue weighted by Gasteiger charge is -2.17. The van der Waals surface area contributed by atoms with Crippen LogP contribution in [-0.2, 0) is 4.79 Å². The van der Waals surface area contributed by atoms with Gasteiger partial charge < -0.3 is 10.4 Å². The van der Waals surface area contributed by atoms with Crippen molar-refractivity contribution in [3.05, 3.63) is 27.9 Å². The van der Waals surface area contributed by atoms with Crippen molar-refractivity contribution < 1.29 is 14.8 Å². The molecule has 1 aromatic heterocycles. The lowest BCUT2D eigenvalue weighted by molar-refractivity contribution is -0.385. The average molecular weight is 267 g/mol. The normalized spacial score (nSPS) is 12.2. The molecule has 0 aliphatic carbocycles. The highest BCUT2D eigenvalue weighted by atomic mass is 16.6. The summed E-state index contributed by atoms with van der Waals surface area (Å²) in [6.45, 7) is 5.40. The summed E-state index contributed by atoms with van der Waals surface area (Å²) in [6.07, 6.45) is 1.39. The Hall–Kier alpha value is -2.18. The molecule has 1 atom stereocenters. The number of aryl methyl sites for hydroxylation is 1. The largest absolute Gasteiger partial charge is 0.481 e.